The van der Waals surface area contributed by atoms with Crippen LogP contribution in [0.25, 0.3) is 0 Å². The van der Waals surface area contributed by atoms with Crippen LogP contribution >= 0.6 is 0 Å². The second-order valence-electron chi connectivity index (χ2n) is 7.91. The molecule has 0 aromatic heterocycles. The lowest BCUT2D eigenvalue weighted by atomic mass is 10.2. The molecule has 33 heavy (non-hydrogen) atoms. The number of fused-ring (bicyclic) bond motifs is 1. The van der Waals surface area contributed by atoms with Crippen molar-refractivity contribution < 1.29 is 35.9 Å². The van der Waals surface area contributed by atoms with E-state index in [2.05, 4.69) is 5.32 Å². The molecule has 2 aromatic carbocycles. The van der Waals surface area contributed by atoms with E-state index in [-0.39, 0.29) is 41.2 Å². The summed E-state index contributed by atoms with van der Waals surface area (Å²) in [6.45, 7) is -0.268. The monoisotopic (exact) mass is 499 g/mol. The zero-order valence-corrected chi connectivity index (χ0v) is 19.1. The zero-order chi connectivity index (χ0) is 24.0. The molecule has 0 saturated heterocycles. The van der Waals surface area contributed by atoms with Crippen molar-refractivity contribution in [3.05, 3.63) is 48.3 Å². The normalized spacial score (nSPS) is 18.5. The van der Waals surface area contributed by atoms with Crippen molar-refractivity contribution >= 4 is 37.5 Å². The molecule has 178 valence electrons. The number of halogens is 1. The Kier molecular flexibility index (Phi) is 5.97. The molecule has 1 aliphatic heterocycles. The fourth-order valence-corrected chi connectivity index (χ4v) is 6.38. The number of anilines is 2. The number of nitrogens with zero attached hydrogens (tertiary/aromatic N) is 2. The summed E-state index contributed by atoms with van der Waals surface area (Å²) >= 11 is 0. The van der Waals surface area contributed by atoms with E-state index in [1.165, 1.54) is 22.5 Å². The largest absolute Gasteiger partial charge is 0.485 e. The maximum Gasteiger partial charge on any atom is 0.409 e. The first-order valence-electron chi connectivity index (χ1n) is 10.0. The third-order valence-electron chi connectivity index (χ3n) is 5.31. The van der Waals surface area contributed by atoms with E-state index in [9.17, 15) is 26.0 Å². The molecule has 1 amide bonds. The van der Waals surface area contributed by atoms with Crippen molar-refractivity contribution in [2.24, 2.45) is 0 Å². The summed E-state index contributed by atoms with van der Waals surface area (Å²) in [6, 6.07) is 8.29. The number of amides is 1. The maximum atomic E-state index is 13.4. The van der Waals surface area contributed by atoms with Crippen LogP contribution in [0.1, 0.15) is 12.8 Å². The van der Waals surface area contributed by atoms with Crippen molar-refractivity contribution in [3.63, 3.8) is 0 Å². The number of hydrogen-bond acceptors (Lipinski definition) is 6. The highest BCUT2D eigenvalue weighted by Crippen LogP contribution is 2.40. The van der Waals surface area contributed by atoms with Gasteiger partial charge in [-0.3, -0.25) is 9.62 Å². The maximum absolute atomic E-state index is 13.4. The first kappa shape index (κ1) is 23.3. The van der Waals surface area contributed by atoms with E-state index in [0.717, 1.165) is 47.7 Å². The smallest absolute Gasteiger partial charge is 0.409 e. The number of sulfonamides is 2. The summed E-state index contributed by atoms with van der Waals surface area (Å²) in [5.74, 6) is -0.451. The summed E-state index contributed by atoms with van der Waals surface area (Å²) in [6.07, 6.45) is 0.391. The number of carboxylic acid groups (broad SMARTS) is 1. The predicted molar refractivity (Wildman–Crippen MR) is 118 cm³/mol. The third kappa shape index (κ3) is 5.04. The van der Waals surface area contributed by atoms with E-state index in [1.54, 1.807) is 0 Å². The van der Waals surface area contributed by atoms with Gasteiger partial charge < -0.3 is 9.84 Å². The van der Waals surface area contributed by atoms with Crippen LogP contribution in [-0.2, 0) is 20.0 Å². The molecule has 10 nitrogen and oxygen atoms in total. The standard InChI is InChI=1S/C20H22FN3O7S2/c1-32(27,28)23(15-5-6-15)11-16-12-24(33(29,30)17-7-2-13(21)3-8-17)18-10-14(22-20(25)26)4-9-19(18)31-16/h2-4,7-10,15-16,22H,5-6,11-12H2,1H3,(H,25,26). The Balaban J connectivity index is 1.74. The van der Waals surface area contributed by atoms with Gasteiger partial charge in [0.1, 0.15) is 17.7 Å². The van der Waals surface area contributed by atoms with Crippen LogP contribution in [0.15, 0.2) is 47.4 Å². The molecule has 1 saturated carbocycles. The summed E-state index contributed by atoms with van der Waals surface area (Å²) in [5.41, 5.74) is 0.206. The molecule has 4 rings (SSSR count). The van der Waals surface area contributed by atoms with Crippen molar-refractivity contribution in [1.29, 1.82) is 0 Å². The Morgan fingerprint density at radius 3 is 2.42 bits per heavy atom. The molecule has 1 unspecified atom stereocenters. The molecule has 0 bridgehead atoms. The van der Waals surface area contributed by atoms with Crippen LogP contribution < -0.4 is 14.4 Å². The van der Waals surface area contributed by atoms with Gasteiger partial charge in [0.05, 0.1) is 29.9 Å². The van der Waals surface area contributed by atoms with Crippen LogP contribution in [0, 0.1) is 5.82 Å². The number of hydrogen-bond donors (Lipinski definition) is 2. The Labute approximate surface area is 190 Å². The molecule has 2 aromatic rings. The molecule has 1 fully saturated rings. The number of ether oxygens (including phenoxy) is 1. The average molecular weight is 500 g/mol. The number of rotatable bonds is 7. The minimum absolute atomic E-state index is 0.0481. The lowest BCUT2D eigenvalue weighted by molar-refractivity contribution is 0.167. The van der Waals surface area contributed by atoms with E-state index in [1.807, 2.05) is 0 Å². The molecule has 0 radical (unpaired) electrons. The Morgan fingerprint density at radius 1 is 1.18 bits per heavy atom. The molecule has 1 atom stereocenters. The fraction of sp³-hybridized carbons (Fsp3) is 0.350. The topological polar surface area (TPSA) is 133 Å². The van der Waals surface area contributed by atoms with Crippen LogP contribution in [0.3, 0.4) is 0 Å². The molecule has 13 heteroatoms. The van der Waals surface area contributed by atoms with E-state index < -0.39 is 38.1 Å². The number of benzene rings is 2. The van der Waals surface area contributed by atoms with E-state index >= 15 is 0 Å². The van der Waals surface area contributed by atoms with Crippen molar-refractivity contribution in [2.75, 3.05) is 29.0 Å². The zero-order valence-electron chi connectivity index (χ0n) is 17.5. The van der Waals surface area contributed by atoms with Gasteiger partial charge in [-0.25, -0.2) is 26.0 Å². The first-order valence-corrected chi connectivity index (χ1v) is 13.3. The first-order chi connectivity index (χ1) is 15.4. The molecular formula is C20H22FN3O7S2. The highest BCUT2D eigenvalue weighted by atomic mass is 32.2. The summed E-state index contributed by atoms with van der Waals surface area (Å²) < 4.78 is 73.0. The molecule has 2 N–H and O–H groups in total. The second-order valence-corrected chi connectivity index (χ2v) is 11.7. The van der Waals surface area contributed by atoms with Gasteiger partial charge in [0.2, 0.25) is 10.0 Å². The van der Waals surface area contributed by atoms with Gasteiger partial charge in [-0.2, -0.15) is 4.31 Å². The van der Waals surface area contributed by atoms with Crippen molar-refractivity contribution in [3.8, 4) is 5.75 Å². The van der Waals surface area contributed by atoms with Crippen LogP contribution in [0.5, 0.6) is 5.75 Å². The molecule has 0 spiro atoms. The minimum Gasteiger partial charge on any atom is -0.485 e. The minimum atomic E-state index is -4.20. The molecule has 1 heterocycles. The summed E-state index contributed by atoms with van der Waals surface area (Å²) in [5, 5.41) is 11.2. The van der Waals surface area contributed by atoms with Crippen molar-refractivity contribution in [1.82, 2.24) is 4.31 Å². The second kappa shape index (κ2) is 8.47. The van der Waals surface area contributed by atoms with Crippen LogP contribution in [0.4, 0.5) is 20.6 Å². The van der Waals surface area contributed by atoms with Gasteiger partial charge in [0, 0.05) is 11.7 Å². The van der Waals surface area contributed by atoms with Gasteiger partial charge >= 0.3 is 6.09 Å². The summed E-state index contributed by atoms with van der Waals surface area (Å²) in [4.78, 5) is 10.9. The molecule has 2 aliphatic rings. The predicted octanol–water partition coefficient (Wildman–Crippen LogP) is 2.30. The molecule has 1 aliphatic carbocycles. The molecular weight excluding hydrogens is 477 g/mol. The third-order valence-corrected chi connectivity index (χ3v) is 8.40. The van der Waals surface area contributed by atoms with Gasteiger partial charge in [0.25, 0.3) is 10.0 Å². The summed E-state index contributed by atoms with van der Waals surface area (Å²) in [7, 11) is -7.74. The Morgan fingerprint density at radius 2 is 1.85 bits per heavy atom. The Bertz CT molecular complexity index is 1280. The lowest BCUT2D eigenvalue weighted by Gasteiger charge is -2.37. The van der Waals surface area contributed by atoms with Gasteiger partial charge in [-0.1, -0.05) is 0 Å². The highest BCUT2D eigenvalue weighted by Gasteiger charge is 2.40. The van der Waals surface area contributed by atoms with Gasteiger partial charge in [-0.05, 0) is 55.3 Å². The number of carbonyl (C=O) groups is 1. The highest BCUT2D eigenvalue weighted by molar-refractivity contribution is 7.92. The average Bonchev–Trinajstić information content (AvgIpc) is 3.55. The van der Waals surface area contributed by atoms with Crippen LogP contribution in [-0.4, -0.2) is 63.8 Å². The fourth-order valence-electron chi connectivity index (χ4n) is 3.69. The quantitative estimate of drug-likeness (QED) is 0.597. The van der Waals surface area contributed by atoms with E-state index in [4.69, 9.17) is 9.84 Å². The SMILES string of the molecule is CS(=O)(=O)N(CC1CN(S(=O)(=O)c2ccc(F)cc2)c2cc(NC(=O)O)ccc2O1)C1CC1. The Hall–Kier alpha value is -2.90. The number of nitrogens with one attached hydrogen (secondary N) is 1. The van der Waals surface area contributed by atoms with Gasteiger partial charge in [-0.15, -0.1) is 0 Å². The van der Waals surface area contributed by atoms with E-state index in [0.29, 0.717) is 0 Å². The van der Waals surface area contributed by atoms with Crippen LogP contribution in [0.2, 0.25) is 0 Å². The lowest BCUT2D eigenvalue weighted by Crippen LogP contribution is -2.50. The van der Waals surface area contributed by atoms with Crippen molar-refractivity contribution in [2.45, 2.75) is 29.9 Å². The van der Waals surface area contributed by atoms with Gasteiger partial charge in [0.15, 0.2) is 0 Å².